The molecule has 2 saturated heterocycles. The van der Waals surface area contributed by atoms with E-state index in [4.69, 9.17) is 9.47 Å². The van der Waals surface area contributed by atoms with Gasteiger partial charge >= 0.3 is 0 Å². The van der Waals surface area contributed by atoms with E-state index >= 15 is 0 Å². The SMILES string of the molecule is Cc1cc(Oc2cn(C3CS(=O)(=O)C3)nc2C2CC2)cc(C)c1C#N.Cc1cc(Oc2cnn(C3CS(=O)(=O)C3)c2C2CC2)cc(C)c1C#N. The Labute approximate surface area is 292 Å². The zero-order chi connectivity index (χ0) is 35.5. The van der Waals surface area contributed by atoms with E-state index in [1.54, 1.807) is 10.9 Å². The molecule has 2 aliphatic carbocycles. The summed E-state index contributed by atoms with van der Waals surface area (Å²) in [4.78, 5) is 0. The molecule has 2 saturated carbocycles. The summed E-state index contributed by atoms with van der Waals surface area (Å²) < 4.78 is 61.6. The number of benzene rings is 2. The van der Waals surface area contributed by atoms with Crippen molar-refractivity contribution >= 4 is 19.7 Å². The summed E-state index contributed by atoms with van der Waals surface area (Å²) in [5.74, 6) is 4.13. The Morgan fingerprint density at radius 2 is 1.16 bits per heavy atom. The normalized spacial score (nSPS) is 19.2. The van der Waals surface area contributed by atoms with Crippen molar-refractivity contribution in [2.75, 3.05) is 23.0 Å². The molecule has 0 amide bonds. The molecule has 2 aliphatic heterocycles. The van der Waals surface area contributed by atoms with Crippen LogP contribution in [0.25, 0.3) is 0 Å². The lowest BCUT2D eigenvalue weighted by atomic mass is 10.0. The van der Waals surface area contributed by atoms with Crippen molar-refractivity contribution in [3.8, 4) is 35.1 Å². The smallest absolute Gasteiger partial charge is 0.168 e. The molecule has 2 aromatic heterocycles. The third-order valence-electron chi connectivity index (χ3n) is 9.65. The second kappa shape index (κ2) is 12.6. The number of rotatable bonds is 8. The molecule has 0 spiro atoms. The maximum Gasteiger partial charge on any atom is 0.168 e. The first-order valence-corrected chi connectivity index (χ1v) is 20.3. The standard InChI is InChI=1S/2C18H19N3O3S/c1-11-5-15(6-12(2)16(11)7-19)24-17-8-21(14-9-25(22,23)10-14)20-18(17)13-3-4-13;1-11-5-15(6-12(2)16(11)7-19)24-17-8-20-21(18(17)13-3-4-13)14-9-25(22,23)10-14/h2*5-6,8,13-14H,3-4,9-10H2,1-2H3. The molecule has 4 aromatic rings. The number of sulfone groups is 2. The molecule has 0 N–H and O–H groups in total. The molecule has 4 fully saturated rings. The van der Waals surface area contributed by atoms with Crippen LogP contribution in [0.2, 0.25) is 0 Å². The zero-order valence-corrected chi connectivity index (χ0v) is 30.0. The highest BCUT2D eigenvalue weighted by atomic mass is 32.2. The van der Waals surface area contributed by atoms with Crippen LogP contribution in [-0.4, -0.2) is 59.4 Å². The largest absolute Gasteiger partial charge is 0.454 e. The van der Waals surface area contributed by atoms with Crippen LogP contribution in [0, 0.1) is 50.4 Å². The van der Waals surface area contributed by atoms with Crippen molar-refractivity contribution < 1.29 is 26.3 Å². The monoisotopic (exact) mass is 714 g/mol. The molecule has 4 aliphatic rings. The predicted molar refractivity (Wildman–Crippen MR) is 185 cm³/mol. The highest BCUT2D eigenvalue weighted by Gasteiger charge is 2.41. The van der Waals surface area contributed by atoms with E-state index < -0.39 is 19.7 Å². The first-order chi connectivity index (χ1) is 23.7. The van der Waals surface area contributed by atoms with Gasteiger partial charge in [0, 0.05) is 11.8 Å². The number of aryl methyl sites for hydroxylation is 4. The molecule has 12 nitrogen and oxygen atoms in total. The van der Waals surface area contributed by atoms with Gasteiger partial charge in [-0.1, -0.05) is 0 Å². The van der Waals surface area contributed by atoms with E-state index in [-0.39, 0.29) is 35.1 Å². The van der Waals surface area contributed by atoms with Crippen LogP contribution >= 0.6 is 0 Å². The average molecular weight is 715 g/mol. The van der Waals surface area contributed by atoms with Crippen molar-refractivity contribution in [2.24, 2.45) is 0 Å². The van der Waals surface area contributed by atoms with Gasteiger partial charge in [0.15, 0.2) is 31.2 Å². The molecule has 0 bridgehead atoms. The Morgan fingerprint density at radius 3 is 1.60 bits per heavy atom. The van der Waals surface area contributed by atoms with Crippen molar-refractivity contribution in [1.29, 1.82) is 10.5 Å². The fourth-order valence-electron chi connectivity index (χ4n) is 6.71. The minimum atomic E-state index is -2.90. The quantitative estimate of drug-likeness (QED) is 0.210. The zero-order valence-electron chi connectivity index (χ0n) is 28.4. The van der Waals surface area contributed by atoms with E-state index in [0.717, 1.165) is 59.3 Å². The number of aromatic nitrogens is 4. The van der Waals surface area contributed by atoms with Crippen molar-refractivity contribution in [3.05, 3.63) is 81.4 Å². The van der Waals surface area contributed by atoms with Crippen molar-refractivity contribution in [2.45, 2.75) is 77.3 Å². The average Bonchev–Trinajstić information content (AvgIpc) is 3.95. The van der Waals surface area contributed by atoms with Gasteiger partial charge in [-0.15, -0.1) is 0 Å². The van der Waals surface area contributed by atoms with Gasteiger partial charge in [-0.2, -0.15) is 20.7 Å². The Kier molecular flexibility index (Phi) is 8.51. The van der Waals surface area contributed by atoms with E-state index in [9.17, 15) is 27.4 Å². The highest BCUT2D eigenvalue weighted by Crippen LogP contribution is 2.47. The summed E-state index contributed by atoms with van der Waals surface area (Å²) in [6.45, 7) is 7.57. The number of ether oxygens (including phenoxy) is 2. The van der Waals surface area contributed by atoms with Gasteiger partial charge in [-0.25, -0.2) is 16.8 Å². The molecule has 8 rings (SSSR count). The summed E-state index contributed by atoms with van der Waals surface area (Å²) in [5, 5.41) is 27.4. The summed E-state index contributed by atoms with van der Waals surface area (Å²) in [7, 11) is -5.80. The minimum Gasteiger partial charge on any atom is -0.454 e. The predicted octanol–water partition coefficient (Wildman–Crippen LogP) is 6.02. The number of nitriles is 2. The highest BCUT2D eigenvalue weighted by molar-refractivity contribution is 7.93. The Hall–Kier alpha value is -4.66. The molecule has 2 aromatic carbocycles. The fourth-order valence-corrected chi connectivity index (χ4v) is 9.44. The second-order valence-corrected chi connectivity index (χ2v) is 18.3. The minimum absolute atomic E-state index is 0.0811. The molecule has 0 unspecified atom stereocenters. The van der Waals surface area contributed by atoms with Crippen molar-refractivity contribution in [1.82, 2.24) is 19.6 Å². The summed E-state index contributed by atoms with van der Waals surface area (Å²) in [6.07, 6.45) is 7.82. The maximum absolute atomic E-state index is 11.5. The Bertz CT molecular complexity index is 2180. The lowest BCUT2D eigenvalue weighted by Crippen LogP contribution is -2.39. The van der Waals surface area contributed by atoms with Gasteiger partial charge in [0.25, 0.3) is 0 Å². The topological polar surface area (TPSA) is 170 Å². The Balaban J connectivity index is 0.000000157. The van der Waals surface area contributed by atoms with Crippen LogP contribution in [0.1, 0.15) is 94.4 Å². The van der Waals surface area contributed by atoms with Crippen molar-refractivity contribution in [3.63, 3.8) is 0 Å². The van der Waals surface area contributed by atoms with Crippen LogP contribution in [0.15, 0.2) is 36.7 Å². The summed E-state index contributed by atoms with van der Waals surface area (Å²) in [5.41, 5.74) is 6.76. The van der Waals surface area contributed by atoms with Gasteiger partial charge in [0.05, 0.1) is 76.4 Å². The molecule has 4 heterocycles. The second-order valence-electron chi connectivity index (χ2n) is 14.0. The third-order valence-corrected chi connectivity index (χ3v) is 13.2. The molecule has 14 heteroatoms. The third kappa shape index (κ3) is 6.87. The van der Waals surface area contributed by atoms with Gasteiger partial charge in [-0.3, -0.25) is 9.36 Å². The molecular formula is C36H38N6O6S2. The number of hydrogen-bond acceptors (Lipinski definition) is 10. The van der Waals surface area contributed by atoms with Gasteiger partial charge < -0.3 is 9.47 Å². The van der Waals surface area contributed by atoms with E-state index in [0.29, 0.717) is 46.0 Å². The first kappa shape index (κ1) is 33.8. The van der Waals surface area contributed by atoms with E-state index in [2.05, 4.69) is 22.3 Å². The van der Waals surface area contributed by atoms with Crippen LogP contribution < -0.4 is 9.47 Å². The molecular weight excluding hydrogens is 677 g/mol. The van der Waals surface area contributed by atoms with Crippen LogP contribution in [0.5, 0.6) is 23.0 Å². The van der Waals surface area contributed by atoms with E-state index in [1.165, 1.54) is 0 Å². The van der Waals surface area contributed by atoms with Crippen LogP contribution in [0.4, 0.5) is 0 Å². The van der Waals surface area contributed by atoms with Gasteiger partial charge in [0.1, 0.15) is 17.2 Å². The molecule has 50 heavy (non-hydrogen) atoms. The Morgan fingerprint density at radius 1 is 0.700 bits per heavy atom. The lowest BCUT2D eigenvalue weighted by molar-refractivity contribution is 0.443. The number of nitrogens with zero attached hydrogens (tertiary/aromatic N) is 6. The van der Waals surface area contributed by atoms with E-state index in [1.807, 2.05) is 62.8 Å². The maximum atomic E-state index is 11.5. The molecule has 260 valence electrons. The fraction of sp³-hybridized carbons (Fsp3) is 0.444. The summed E-state index contributed by atoms with van der Waals surface area (Å²) in [6, 6.07) is 11.7. The van der Waals surface area contributed by atoms with Crippen LogP contribution in [-0.2, 0) is 19.7 Å². The molecule has 0 atom stereocenters. The lowest BCUT2D eigenvalue weighted by Gasteiger charge is -2.27. The van der Waals surface area contributed by atoms with Gasteiger partial charge in [0.2, 0.25) is 0 Å². The van der Waals surface area contributed by atoms with Gasteiger partial charge in [-0.05, 0) is 99.9 Å². The summed E-state index contributed by atoms with van der Waals surface area (Å²) >= 11 is 0. The first-order valence-electron chi connectivity index (χ1n) is 16.7. The van der Waals surface area contributed by atoms with Crippen LogP contribution in [0.3, 0.4) is 0 Å². The molecule has 0 radical (unpaired) electrons. The number of hydrogen-bond donors (Lipinski definition) is 0.